The van der Waals surface area contributed by atoms with Crippen molar-refractivity contribution in [3.05, 3.63) is 38.9 Å². The minimum absolute atomic E-state index is 0.0691. The first-order valence-electron chi connectivity index (χ1n) is 6.21. The lowest BCUT2D eigenvalue weighted by Gasteiger charge is -2.25. The van der Waals surface area contributed by atoms with E-state index in [2.05, 4.69) is 5.32 Å². The van der Waals surface area contributed by atoms with Gasteiger partial charge >= 0.3 is 5.97 Å². The predicted molar refractivity (Wildman–Crippen MR) is 75.9 cm³/mol. The molecular formula is C13H17ClN2O4. The molecule has 0 bridgehead atoms. The fraction of sp³-hybridized carbons (Fsp3) is 0.462. The summed E-state index contributed by atoms with van der Waals surface area (Å²) in [4.78, 5) is 21.7. The van der Waals surface area contributed by atoms with Gasteiger partial charge in [0.15, 0.2) is 0 Å². The van der Waals surface area contributed by atoms with Gasteiger partial charge in [0.2, 0.25) is 0 Å². The van der Waals surface area contributed by atoms with Gasteiger partial charge in [-0.05, 0) is 25.5 Å². The summed E-state index contributed by atoms with van der Waals surface area (Å²) in [5.41, 5.74) is -0.831. The molecule has 1 unspecified atom stereocenters. The van der Waals surface area contributed by atoms with Crippen LogP contribution in [0, 0.1) is 10.1 Å². The van der Waals surface area contributed by atoms with E-state index in [4.69, 9.17) is 11.6 Å². The lowest BCUT2D eigenvalue weighted by molar-refractivity contribution is -0.385. The SMILES string of the molecule is CCCC(C)(NCc1cc(Cl)ccc1[N+](=O)[O-])C(=O)O. The fourth-order valence-electron chi connectivity index (χ4n) is 1.94. The van der Waals surface area contributed by atoms with Crippen molar-refractivity contribution >= 4 is 23.3 Å². The molecule has 1 rings (SSSR count). The number of nitrogens with one attached hydrogen (secondary N) is 1. The summed E-state index contributed by atoms with van der Waals surface area (Å²) in [5, 5.41) is 23.4. The van der Waals surface area contributed by atoms with E-state index in [0.29, 0.717) is 23.4 Å². The van der Waals surface area contributed by atoms with Crippen molar-refractivity contribution < 1.29 is 14.8 Å². The number of aliphatic carboxylic acids is 1. The minimum Gasteiger partial charge on any atom is -0.480 e. The van der Waals surface area contributed by atoms with Gasteiger partial charge in [-0.25, -0.2) is 0 Å². The first-order valence-corrected chi connectivity index (χ1v) is 6.59. The average Bonchev–Trinajstić information content (AvgIpc) is 2.36. The van der Waals surface area contributed by atoms with Gasteiger partial charge in [0.25, 0.3) is 5.69 Å². The van der Waals surface area contributed by atoms with Gasteiger partial charge in [-0.3, -0.25) is 20.2 Å². The Bertz CT molecular complexity index is 521. The van der Waals surface area contributed by atoms with Crippen molar-refractivity contribution in [1.29, 1.82) is 0 Å². The zero-order valence-electron chi connectivity index (χ0n) is 11.4. The largest absolute Gasteiger partial charge is 0.480 e. The Morgan fingerprint density at radius 3 is 2.70 bits per heavy atom. The zero-order valence-corrected chi connectivity index (χ0v) is 12.1. The number of hydrogen-bond donors (Lipinski definition) is 2. The van der Waals surface area contributed by atoms with Crippen LogP contribution in [0.5, 0.6) is 0 Å². The number of halogens is 1. The Kier molecular flexibility index (Phi) is 5.47. The molecule has 1 aromatic carbocycles. The Morgan fingerprint density at radius 2 is 2.20 bits per heavy atom. The Balaban J connectivity index is 2.96. The van der Waals surface area contributed by atoms with E-state index in [1.54, 1.807) is 6.92 Å². The molecule has 7 heteroatoms. The molecule has 0 saturated carbocycles. The van der Waals surface area contributed by atoms with E-state index in [-0.39, 0.29) is 12.2 Å². The number of nitrogens with zero attached hydrogens (tertiary/aromatic N) is 1. The molecule has 0 aliphatic rings. The first kappa shape index (κ1) is 16.4. The first-order chi connectivity index (χ1) is 9.30. The second-order valence-corrected chi connectivity index (χ2v) is 5.21. The van der Waals surface area contributed by atoms with E-state index in [1.165, 1.54) is 18.2 Å². The number of nitro groups is 1. The third-order valence-corrected chi connectivity index (χ3v) is 3.36. The van der Waals surface area contributed by atoms with Crippen LogP contribution >= 0.6 is 11.6 Å². The van der Waals surface area contributed by atoms with Gasteiger partial charge < -0.3 is 5.11 Å². The molecule has 0 aliphatic carbocycles. The third-order valence-electron chi connectivity index (χ3n) is 3.13. The molecule has 0 spiro atoms. The number of benzene rings is 1. The summed E-state index contributed by atoms with van der Waals surface area (Å²) in [5.74, 6) is -0.982. The van der Waals surface area contributed by atoms with Crippen molar-refractivity contribution in [3.63, 3.8) is 0 Å². The van der Waals surface area contributed by atoms with Gasteiger partial charge in [0.05, 0.1) is 4.92 Å². The highest BCUT2D eigenvalue weighted by Gasteiger charge is 2.32. The van der Waals surface area contributed by atoms with Gasteiger partial charge in [0, 0.05) is 23.2 Å². The number of carboxylic acids is 1. The fourth-order valence-corrected chi connectivity index (χ4v) is 2.13. The molecule has 2 N–H and O–H groups in total. The van der Waals surface area contributed by atoms with Crippen LogP contribution in [0.2, 0.25) is 5.02 Å². The van der Waals surface area contributed by atoms with Crippen LogP contribution in [0.25, 0.3) is 0 Å². The van der Waals surface area contributed by atoms with Crippen LogP contribution in [-0.4, -0.2) is 21.5 Å². The van der Waals surface area contributed by atoms with E-state index >= 15 is 0 Å². The van der Waals surface area contributed by atoms with E-state index in [1.807, 2.05) is 6.92 Å². The monoisotopic (exact) mass is 300 g/mol. The summed E-state index contributed by atoms with van der Waals surface area (Å²) in [6, 6.07) is 4.23. The van der Waals surface area contributed by atoms with Gasteiger partial charge in [0.1, 0.15) is 5.54 Å². The quantitative estimate of drug-likeness (QED) is 0.596. The van der Waals surface area contributed by atoms with Crippen molar-refractivity contribution in [2.24, 2.45) is 0 Å². The molecule has 1 aromatic rings. The zero-order chi connectivity index (χ0) is 15.3. The summed E-state index contributed by atoms with van der Waals surface area (Å²) in [7, 11) is 0. The van der Waals surface area contributed by atoms with Crippen LogP contribution in [0.15, 0.2) is 18.2 Å². The number of hydrogen-bond acceptors (Lipinski definition) is 4. The highest BCUT2D eigenvalue weighted by molar-refractivity contribution is 6.30. The van der Waals surface area contributed by atoms with Crippen molar-refractivity contribution in [3.8, 4) is 0 Å². The maximum atomic E-state index is 11.3. The van der Waals surface area contributed by atoms with Crippen molar-refractivity contribution in [1.82, 2.24) is 5.32 Å². The lowest BCUT2D eigenvalue weighted by Crippen LogP contribution is -2.49. The lowest BCUT2D eigenvalue weighted by atomic mass is 9.96. The average molecular weight is 301 g/mol. The number of nitro benzene ring substituents is 1. The normalized spacial score (nSPS) is 13.8. The Hall–Kier alpha value is -1.66. The van der Waals surface area contributed by atoms with Gasteiger partial charge in [-0.15, -0.1) is 0 Å². The molecule has 0 amide bonds. The maximum absolute atomic E-state index is 11.3. The minimum atomic E-state index is -1.12. The molecule has 0 fully saturated rings. The van der Waals surface area contributed by atoms with Crippen molar-refractivity contribution in [2.45, 2.75) is 38.8 Å². The third kappa shape index (κ3) is 3.91. The molecule has 0 aromatic heterocycles. The number of rotatable bonds is 7. The van der Waals surface area contributed by atoms with Crippen LogP contribution in [-0.2, 0) is 11.3 Å². The molecule has 0 radical (unpaired) electrons. The van der Waals surface area contributed by atoms with Gasteiger partial charge in [-0.2, -0.15) is 0 Å². The molecule has 0 heterocycles. The summed E-state index contributed by atoms with van der Waals surface area (Å²) < 4.78 is 0. The summed E-state index contributed by atoms with van der Waals surface area (Å²) >= 11 is 5.83. The van der Waals surface area contributed by atoms with E-state index < -0.39 is 16.4 Å². The van der Waals surface area contributed by atoms with Crippen LogP contribution < -0.4 is 5.32 Å². The summed E-state index contributed by atoms with van der Waals surface area (Å²) in [6.07, 6.45) is 1.12. The number of carboxylic acid groups (broad SMARTS) is 1. The second-order valence-electron chi connectivity index (χ2n) is 4.77. The highest BCUT2D eigenvalue weighted by atomic mass is 35.5. The second kappa shape index (κ2) is 6.67. The maximum Gasteiger partial charge on any atom is 0.323 e. The van der Waals surface area contributed by atoms with Crippen LogP contribution in [0.3, 0.4) is 0 Å². The van der Waals surface area contributed by atoms with Crippen LogP contribution in [0.1, 0.15) is 32.3 Å². The molecule has 110 valence electrons. The molecule has 1 atom stereocenters. The highest BCUT2D eigenvalue weighted by Crippen LogP contribution is 2.24. The molecular weight excluding hydrogens is 284 g/mol. The smallest absolute Gasteiger partial charge is 0.323 e. The molecule has 20 heavy (non-hydrogen) atoms. The predicted octanol–water partition coefficient (Wildman–Crippen LogP) is 2.98. The molecule has 0 aliphatic heterocycles. The Labute approximate surface area is 121 Å². The molecule has 6 nitrogen and oxygen atoms in total. The number of carbonyl (C=O) groups is 1. The topological polar surface area (TPSA) is 92.5 Å². The molecule has 0 saturated heterocycles. The van der Waals surface area contributed by atoms with Crippen LogP contribution in [0.4, 0.5) is 5.69 Å². The van der Waals surface area contributed by atoms with Crippen molar-refractivity contribution in [2.75, 3.05) is 0 Å². The van der Waals surface area contributed by atoms with E-state index in [0.717, 1.165) is 0 Å². The van der Waals surface area contributed by atoms with Gasteiger partial charge in [-0.1, -0.05) is 24.9 Å². The summed E-state index contributed by atoms with van der Waals surface area (Å²) in [6.45, 7) is 3.51. The standard InChI is InChI=1S/C13H17ClN2O4/c1-3-6-13(2,12(17)18)15-8-9-7-10(14)4-5-11(9)16(19)20/h4-5,7,15H,3,6,8H2,1-2H3,(H,17,18). The van der Waals surface area contributed by atoms with E-state index in [9.17, 15) is 20.0 Å². The Morgan fingerprint density at radius 1 is 1.55 bits per heavy atom.